The van der Waals surface area contributed by atoms with Gasteiger partial charge in [-0.05, 0) is 78.1 Å². The summed E-state index contributed by atoms with van der Waals surface area (Å²) in [6.07, 6.45) is 1.87. The van der Waals surface area contributed by atoms with Gasteiger partial charge >= 0.3 is 0 Å². The van der Waals surface area contributed by atoms with Gasteiger partial charge in [0.1, 0.15) is 18.1 Å². The Hall–Kier alpha value is -4.46. The minimum atomic E-state index is -0.425. The average molecular weight is 543 g/mol. The highest BCUT2D eigenvalue weighted by molar-refractivity contribution is 5.99. The SMILES string of the molecule is COc1ccc(-c2cn(-c3ccc(C(C)C)cc3)c(NC(=O)CN(CC(C)C)C(=O)c3ccc(F)cc3)n2)cc1. The smallest absolute Gasteiger partial charge is 0.254 e. The van der Waals surface area contributed by atoms with Gasteiger partial charge in [-0.15, -0.1) is 0 Å². The zero-order chi connectivity index (χ0) is 28.8. The van der Waals surface area contributed by atoms with Crippen LogP contribution in [0.2, 0.25) is 0 Å². The summed E-state index contributed by atoms with van der Waals surface area (Å²) >= 11 is 0. The molecule has 0 aliphatic carbocycles. The molecule has 208 valence electrons. The van der Waals surface area contributed by atoms with Crippen molar-refractivity contribution in [3.8, 4) is 22.7 Å². The normalized spacial score (nSPS) is 11.1. The summed E-state index contributed by atoms with van der Waals surface area (Å²) in [6, 6.07) is 21.0. The minimum Gasteiger partial charge on any atom is -0.497 e. The number of amides is 2. The van der Waals surface area contributed by atoms with Gasteiger partial charge in [0.2, 0.25) is 11.9 Å². The van der Waals surface area contributed by atoms with Gasteiger partial charge in [-0.2, -0.15) is 0 Å². The first-order chi connectivity index (χ1) is 19.1. The molecule has 40 heavy (non-hydrogen) atoms. The molecule has 0 saturated carbocycles. The molecule has 0 fully saturated rings. The third-order valence-electron chi connectivity index (χ3n) is 6.48. The second-order valence-corrected chi connectivity index (χ2v) is 10.4. The van der Waals surface area contributed by atoms with Crippen LogP contribution in [0, 0.1) is 11.7 Å². The number of imidazole rings is 1. The van der Waals surface area contributed by atoms with Crippen molar-refractivity contribution in [2.75, 3.05) is 25.5 Å². The van der Waals surface area contributed by atoms with Gasteiger partial charge in [0, 0.05) is 29.6 Å². The predicted molar refractivity (Wildman–Crippen MR) is 155 cm³/mol. The quantitative estimate of drug-likeness (QED) is 0.247. The Morgan fingerprint density at radius 3 is 2.17 bits per heavy atom. The lowest BCUT2D eigenvalue weighted by atomic mass is 10.0. The molecule has 8 heteroatoms. The van der Waals surface area contributed by atoms with Crippen molar-refractivity contribution in [1.29, 1.82) is 0 Å². The number of carbonyl (C=O) groups is 2. The van der Waals surface area contributed by atoms with Gasteiger partial charge < -0.3 is 9.64 Å². The van der Waals surface area contributed by atoms with Crippen molar-refractivity contribution in [3.63, 3.8) is 0 Å². The number of rotatable bonds is 10. The molecule has 0 spiro atoms. The molecule has 0 unspecified atom stereocenters. The molecule has 1 heterocycles. The Labute approximate surface area is 234 Å². The number of hydrogen-bond acceptors (Lipinski definition) is 4. The van der Waals surface area contributed by atoms with Crippen molar-refractivity contribution in [3.05, 3.63) is 95.9 Å². The maximum absolute atomic E-state index is 13.4. The van der Waals surface area contributed by atoms with Crippen LogP contribution < -0.4 is 10.1 Å². The van der Waals surface area contributed by atoms with Crippen molar-refractivity contribution < 1.29 is 18.7 Å². The number of nitrogens with zero attached hydrogens (tertiary/aromatic N) is 3. The van der Waals surface area contributed by atoms with Crippen LogP contribution in [0.4, 0.5) is 10.3 Å². The highest BCUT2D eigenvalue weighted by atomic mass is 19.1. The minimum absolute atomic E-state index is 0.125. The van der Waals surface area contributed by atoms with Gasteiger partial charge in [0.15, 0.2) is 0 Å². The average Bonchev–Trinajstić information content (AvgIpc) is 3.36. The van der Waals surface area contributed by atoms with Gasteiger partial charge in [-0.3, -0.25) is 19.5 Å². The zero-order valence-corrected chi connectivity index (χ0v) is 23.5. The van der Waals surface area contributed by atoms with Crippen LogP contribution in [0.1, 0.15) is 49.5 Å². The van der Waals surface area contributed by atoms with Gasteiger partial charge in [0.25, 0.3) is 5.91 Å². The second-order valence-electron chi connectivity index (χ2n) is 10.4. The maximum atomic E-state index is 13.4. The van der Waals surface area contributed by atoms with Crippen molar-refractivity contribution in [2.45, 2.75) is 33.6 Å². The molecule has 0 bridgehead atoms. The lowest BCUT2D eigenvalue weighted by Crippen LogP contribution is -2.40. The fourth-order valence-corrected chi connectivity index (χ4v) is 4.36. The van der Waals surface area contributed by atoms with Crippen molar-refractivity contribution >= 4 is 17.8 Å². The molecule has 7 nitrogen and oxygen atoms in total. The highest BCUT2D eigenvalue weighted by Crippen LogP contribution is 2.27. The molecular weight excluding hydrogens is 507 g/mol. The molecule has 4 aromatic rings. The summed E-state index contributed by atoms with van der Waals surface area (Å²) in [4.78, 5) is 32.7. The van der Waals surface area contributed by atoms with E-state index in [-0.39, 0.29) is 24.3 Å². The number of anilines is 1. The van der Waals surface area contributed by atoms with E-state index in [0.717, 1.165) is 17.0 Å². The third kappa shape index (κ3) is 6.94. The first kappa shape index (κ1) is 28.5. The van der Waals surface area contributed by atoms with Crippen molar-refractivity contribution in [2.24, 2.45) is 5.92 Å². The van der Waals surface area contributed by atoms with E-state index in [1.54, 1.807) is 7.11 Å². The fraction of sp³-hybridized carbons (Fsp3) is 0.281. The van der Waals surface area contributed by atoms with E-state index >= 15 is 0 Å². The number of methoxy groups -OCH3 is 1. The number of carbonyl (C=O) groups excluding carboxylic acids is 2. The summed E-state index contributed by atoms with van der Waals surface area (Å²) in [7, 11) is 1.61. The molecule has 3 aromatic carbocycles. The van der Waals surface area contributed by atoms with E-state index in [0.29, 0.717) is 29.7 Å². The van der Waals surface area contributed by atoms with Gasteiger partial charge in [-0.25, -0.2) is 9.37 Å². The van der Waals surface area contributed by atoms with E-state index in [2.05, 4.69) is 31.3 Å². The predicted octanol–water partition coefficient (Wildman–Crippen LogP) is 6.55. The van der Waals surface area contributed by atoms with E-state index < -0.39 is 5.82 Å². The first-order valence-corrected chi connectivity index (χ1v) is 13.3. The standard InChI is InChI=1S/C32H35FN4O3/c1-21(2)18-36(31(39)25-6-12-26(33)13-7-25)20-30(38)35-32-34-29(24-10-16-28(40-5)17-11-24)19-37(32)27-14-8-23(9-15-27)22(3)4/h6-17,19,21-22H,18,20H2,1-5H3,(H,34,35,38). The molecule has 0 atom stereocenters. The maximum Gasteiger partial charge on any atom is 0.254 e. The molecule has 4 rings (SSSR count). The van der Waals surface area contributed by atoms with Crippen LogP contribution >= 0.6 is 0 Å². The number of aromatic nitrogens is 2. The summed E-state index contributed by atoms with van der Waals surface area (Å²) in [5, 5.41) is 2.91. The van der Waals surface area contributed by atoms with E-state index in [9.17, 15) is 14.0 Å². The molecule has 0 saturated heterocycles. The first-order valence-electron chi connectivity index (χ1n) is 13.3. The molecular formula is C32H35FN4O3. The van der Waals surface area contributed by atoms with Crippen LogP contribution in [0.5, 0.6) is 5.75 Å². The number of nitrogens with one attached hydrogen (secondary N) is 1. The van der Waals surface area contributed by atoms with Gasteiger partial charge in [-0.1, -0.05) is 39.8 Å². The van der Waals surface area contributed by atoms with Crippen LogP contribution in [0.25, 0.3) is 16.9 Å². The Morgan fingerprint density at radius 2 is 1.60 bits per heavy atom. The summed E-state index contributed by atoms with van der Waals surface area (Å²) in [5.74, 6) is 0.435. The molecule has 0 aliphatic heterocycles. The number of ether oxygens (including phenoxy) is 1. The second kappa shape index (κ2) is 12.6. The van der Waals surface area contributed by atoms with E-state index in [1.807, 2.05) is 61.0 Å². The van der Waals surface area contributed by atoms with Crippen molar-refractivity contribution in [1.82, 2.24) is 14.5 Å². The van der Waals surface area contributed by atoms with Crippen LogP contribution in [-0.2, 0) is 4.79 Å². The molecule has 0 aliphatic rings. The molecule has 1 N–H and O–H groups in total. The Bertz CT molecular complexity index is 1440. The van der Waals surface area contributed by atoms with Crippen LogP contribution in [-0.4, -0.2) is 46.5 Å². The number of benzene rings is 3. The lowest BCUT2D eigenvalue weighted by Gasteiger charge is -2.24. The molecule has 0 radical (unpaired) electrons. The van der Waals surface area contributed by atoms with E-state index in [1.165, 1.54) is 34.7 Å². The lowest BCUT2D eigenvalue weighted by molar-refractivity contribution is -0.117. The Morgan fingerprint density at radius 1 is 0.950 bits per heavy atom. The summed E-state index contributed by atoms with van der Waals surface area (Å²) < 4.78 is 20.5. The Kier molecular flexibility index (Phi) is 8.99. The zero-order valence-electron chi connectivity index (χ0n) is 23.5. The third-order valence-corrected chi connectivity index (χ3v) is 6.48. The summed E-state index contributed by atoms with van der Waals surface area (Å²) in [6.45, 7) is 8.40. The molecule has 1 aromatic heterocycles. The monoisotopic (exact) mass is 542 g/mol. The van der Waals surface area contributed by atoms with E-state index in [4.69, 9.17) is 9.72 Å². The number of halogens is 1. The van der Waals surface area contributed by atoms with Crippen LogP contribution in [0.15, 0.2) is 79.0 Å². The highest BCUT2D eigenvalue weighted by Gasteiger charge is 2.22. The number of hydrogen-bond donors (Lipinski definition) is 1. The van der Waals surface area contributed by atoms with Gasteiger partial charge in [0.05, 0.1) is 12.8 Å². The Balaban J connectivity index is 1.63. The summed E-state index contributed by atoms with van der Waals surface area (Å²) in [5.41, 5.74) is 3.90. The fourth-order valence-electron chi connectivity index (χ4n) is 4.36. The molecule has 2 amide bonds. The topological polar surface area (TPSA) is 76.5 Å². The largest absolute Gasteiger partial charge is 0.497 e. The van der Waals surface area contributed by atoms with Crippen LogP contribution in [0.3, 0.4) is 0 Å².